The van der Waals surface area contributed by atoms with Gasteiger partial charge in [-0.1, -0.05) is 20.8 Å². The van der Waals surface area contributed by atoms with Gasteiger partial charge in [-0.25, -0.2) is 9.97 Å². The first-order valence-corrected chi connectivity index (χ1v) is 20.4. The Kier molecular flexibility index (Phi) is 30.3. The van der Waals surface area contributed by atoms with Gasteiger partial charge in [-0.05, 0) is 94.1 Å². The second kappa shape index (κ2) is 24.9. The maximum Gasteiger partial charge on any atom is 1.00 e. The predicted molar refractivity (Wildman–Crippen MR) is 169 cm³/mol. The number of imidazole rings is 3. The van der Waals surface area contributed by atoms with E-state index >= 15 is 0 Å². The summed E-state index contributed by atoms with van der Waals surface area (Å²) in [6.07, 6.45) is 4.71. The van der Waals surface area contributed by atoms with Crippen LogP contribution in [-0.2, 0) is 38.5 Å². The molecular formula is C18H25BrCl2I3LiN6S3Zn. The van der Waals surface area contributed by atoms with Crippen LogP contribution in [0.1, 0.15) is 20.8 Å². The predicted octanol–water partition coefficient (Wildman–Crippen LogP) is 1.67. The Morgan fingerprint density at radius 3 is 1.74 bits per heavy atom. The third kappa shape index (κ3) is 15.7. The van der Waals surface area contributed by atoms with Gasteiger partial charge in [-0.3, -0.25) is 0 Å². The van der Waals surface area contributed by atoms with Crippen LogP contribution in [0.3, 0.4) is 0 Å². The van der Waals surface area contributed by atoms with Crippen molar-refractivity contribution in [3.63, 3.8) is 0 Å². The second-order valence-electron chi connectivity index (χ2n) is 5.65. The number of thioether (sulfide) groups is 3. The summed E-state index contributed by atoms with van der Waals surface area (Å²) in [4.78, 5) is 12.5. The Labute approximate surface area is 303 Å². The molecule has 6 nitrogen and oxygen atoms in total. The number of hydrogen-bond donors (Lipinski definition) is 0. The summed E-state index contributed by atoms with van der Waals surface area (Å²) in [6, 6.07) is 0. The van der Waals surface area contributed by atoms with Gasteiger partial charge < -0.3 is 31.1 Å². The van der Waals surface area contributed by atoms with Crippen LogP contribution in [0.5, 0.6) is 0 Å². The van der Waals surface area contributed by atoms with Gasteiger partial charge in [-0.2, -0.15) is 11.8 Å². The Balaban J connectivity index is -0.000000412. The molecule has 3 rings (SSSR count). The molecule has 0 aliphatic rings. The van der Waals surface area contributed by atoms with Crippen LogP contribution in [0.2, 0.25) is 0 Å². The summed E-state index contributed by atoms with van der Waals surface area (Å²) < 4.78 is 10.2. The molecule has 17 heteroatoms. The van der Waals surface area contributed by atoms with Gasteiger partial charge >= 0.3 is 45.9 Å². The van der Waals surface area contributed by atoms with Crippen LogP contribution >= 0.6 is 129 Å². The van der Waals surface area contributed by atoms with Crippen molar-refractivity contribution in [2.75, 3.05) is 17.3 Å². The number of aromatic nitrogens is 6. The van der Waals surface area contributed by atoms with E-state index in [-0.39, 0.29) is 31.3 Å². The normalized spacial score (nSPS) is 9.40. The molecule has 3 aromatic rings. The molecular weight excluding hydrogens is 1000 g/mol. The molecule has 0 bridgehead atoms. The summed E-state index contributed by atoms with van der Waals surface area (Å²) in [5, 5.41) is 3.71. The first-order chi connectivity index (χ1) is 15.7. The van der Waals surface area contributed by atoms with Crippen molar-refractivity contribution in [1.29, 1.82) is 0 Å². The summed E-state index contributed by atoms with van der Waals surface area (Å²) in [5.41, 5.74) is 0. The molecule has 190 valence electrons. The molecule has 0 N–H and O–H groups in total. The average Bonchev–Trinajstić information content (AvgIpc) is 3.38. The second-order valence-corrected chi connectivity index (χ2v) is 13.2. The molecule has 0 atom stereocenters. The number of aryl methyl sites for hydroxylation is 2. The zero-order valence-corrected chi connectivity index (χ0v) is 35.6. The van der Waals surface area contributed by atoms with E-state index in [1.54, 1.807) is 11.8 Å². The molecule has 0 fully saturated rings. The van der Waals surface area contributed by atoms with Gasteiger partial charge in [0.25, 0.3) is 0 Å². The van der Waals surface area contributed by atoms with Crippen molar-refractivity contribution in [3.8, 4) is 0 Å². The molecule has 35 heavy (non-hydrogen) atoms. The monoisotopic (exact) mass is 1020 g/mol. The van der Waals surface area contributed by atoms with Crippen LogP contribution in [0.4, 0.5) is 0 Å². The fourth-order valence-corrected chi connectivity index (χ4v) is 7.91. The number of halogens is 6. The zero-order chi connectivity index (χ0) is 25.6. The molecule has 0 unspecified atom stereocenters. The number of rotatable bonds is 6. The third-order valence-corrected chi connectivity index (χ3v) is 10.6. The molecule has 3 heterocycles. The number of nitrogens with zero attached hydrogens (tertiary/aromatic N) is 6. The molecule has 0 radical (unpaired) electrons. The van der Waals surface area contributed by atoms with E-state index < -0.39 is 0 Å². The molecule has 0 aliphatic heterocycles. The van der Waals surface area contributed by atoms with Crippen LogP contribution < -0.4 is 31.3 Å². The van der Waals surface area contributed by atoms with Crippen molar-refractivity contribution in [2.45, 2.75) is 35.8 Å². The van der Waals surface area contributed by atoms with Gasteiger partial charge in [0, 0.05) is 20.4 Å². The van der Waals surface area contributed by atoms with Gasteiger partial charge in [0.2, 0.25) is 0 Å². The van der Waals surface area contributed by atoms with Crippen LogP contribution in [0.25, 0.3) is 0 Å². The van der Waals surface area contributed by atoms with Crippen molar-refractivity contribution < 1.29 is 48.6 Å². The summed E-state index contributed by atoms with van der Waals surface area (Å²) in [7, 11) is 10.8. The molecule has 3 aromatic heterocycles. The zero-order valence-electron chi connectivity index (χ0n) is 20.6. The van der Waals surface area contributed by atoms with Crippen molar-refractivity contribution in [3.05, 3.63) is 28.5 Å². The van der Waals surface area contributed by atoms with Crippen LogP contribution in [0, 0.1) is 17.4 Å². The van der Waals surface area contributed by atoms with Gasteiger partial charge in [0.05, 0.1) is 6.33 Å². The molecule has 0 spiro atoms. The Hall–Kier alpha value is 3.15. The Morgan fingerprint density at radius 2 is 1.40 bits per heavy atom. The van der Waals surface area contributed by atoms with E-state index in [1.807, 2.05) is 55.6 Å². The maximum absolute atomic E-state index is 4.76. The Morgan fingerprint density at radius 1 is 0.914 bits per heavy atom. The van der Waals surface area contributed by atoms with E-state index in [4.69, 9.17) is 9.69 Å². The van der Waals surface area contributed by atoms with Gasteiger partial charge in [0.15, 0.2) is 4.73 Å². The average molecular weight is 1030 g/mol. The largest absolute Gasteiger partial charge is 1.00 e. The topological polar surface area (TPSA) is 53.5 Å². The molecule has 0 amide bonds. The van der Waals surface area contributed by atoms with Crippen LogP contribution in [0.15, 0.2) is 26.1 Å². The maximum atomic E-state index is 4.76. The fraction of sp³-hybridized carbons (Fsp3) is 0.500. The van der Waals surface area contributed by atoms with Crippen molar-refractivity contribution in [2.24, 2.45) is 21.1 Å². The van der Waals surface area contributed by atoms with E-state index in [1.165, 1.54) is 15.1 Å². The quantitative estimate of drug-likeness (QED) is 0.163. The number of hydrogen-bond acceptors (Lipinski definition) is 6. The third-order valence-electron chi connectivity index (χ3n) is 3.41. The van der Waals surface area contributed by atoms with Crippen LogP contribution in [-0.4, -0.2) is 45.9 Å². The molecule has 0 aromatic carbocycles. The molecule has 0 saturated carbocycles. The minimum atomic E-state index is 0. The van der Waals surface area contributed by atoms with E-state index in [9.17, 15) is 0 Å². The minimum absolute atomic E-state index is 0. The smallest absolute Gasteiger partial charge is 1.00 e. The first kappa shape index (κ1) is 42.6. The summed E-state index contributed by atoms with van der Waals surface area (Å²) in [5.74, 6) is 3.28. The van der Waals surface area contributed by atoms with E-state index in [0.29, 0.717) is 0 Å². The fourth-order valence-electron chi connectivity index (χ4n) is 2.05. The Bertz CT molecular complexity index is 881. The minimum Gasteiger partial charge on any atom is 1.00 e. The molecule has 0 saturated heterocycles. The van der Waals surface area contributed by atoms with E-state index in [0.717, 1.165) is 50.4 Å². The first-order valence-electron chi connectivity index (χ1n) is 9.47. The van der Waals surface area contributed by atoms with Crippen molar-refractivity contribution >= 4 is 129 Å². The van der Waals surface area contributed by atoms with Crippen molar-refractivity contribution in [1.82, 2.24) is 28.7 Å². The van der Waals surface area contributed by atoms with Gasteiger partial charge in [0.1, 0.15) is 17.5 Å². The SMILES string of the molecule is CCSc1c(I)n[c-]n1C.CCSc1c(I)nc(Br)n1C.CCSc1c(I)ncn1C.[Cl-].[Cl][Zn+].[Li+]. The summed E-state index contributed by atoms with van der Waals surface area (Å²) >= 11 is 16.4. The summed E-state index contributed by atoms with van der Waals surface area (Å²) in [6.45, 7) is 6.42. The molecule has 0 aliphatic carbocycles. The van der Waals surface area contributed by atoms with E-state index in [2.05, 4.69) is 135 Å². The standard InChI is InChI=1S/C6H8BrIN2S.C6H9IN2S.C6H8IN2S.2ClH.Li.Zn/c1-3-11-5-4(8)9-6(7)10(5)2;2*1-3-10-6-5(7)8-4-9(6)2;;;;/h3H2,1-2H3;4H,3H2,1-2H3;3H2,1-2H3;2*1H;;/q;;-1;;;+1;+2/p-2. The van der Waals surface area contributed by atoms with Gasteiger partial charge in [-0.15, -0.1) is 46.1 Å².